The van der Waals surface area contributed by atoms with E-state index >= 15 is 0 Å². The first kappa shape index (κ1) is 18.4. The van der Waals surface area contributed by atoms with Crippen molar-refractivity contribution in [3.63, 3.8) is 0 Å². The lowest BCUT2D eigenvalue weighted by atomic mass is 10.0. The topological polar surface area (TPSA) is 35.5 Å². The number of hydrogen-bond acceptors (Lipinski definition) is 3. The van der Waals surface area contributed by atoms with Crippen molar-refractivity contribution >= 4 is 5.97 Å². The summed E-state index contributed by atoms with van der Waals surface area (Å²) < 4.78 is 38.7. The standard InChI is InChI=1S/C20H18F2O3/c1-12(2)11-24-15-7-5-14(6-8-15)16-9-10-17(19(22)18(16)21)25-20(23)13(3)4/h5-10H,1,3,11H2,2,4H3. The minimum absolute atomic E-state index is 0.0547. The van der Waals surface area contributed by atoms with Gasteiger partial charge in [0.25, 0.3) is 0 Å². The summed E-state index contributed by atoms with van der Waals surface area (Å²) in [6.07, 6.45) is 0. The Morgan fingerprint density at radius 1 is 1.00 bits per heavy atom. The molecule has 5 heteroatoms. The monoisotopic (exact) mass is 344 g/mol. The van der Waals surface area contributed by atoms with E-state index < -0.39 is 23.4 Å². The molecule has 0 radical (unpaired) electrons. The average Bonchev–Trinajstić information content (AvgIpc) is 2.57. The van der Waals surface area contributed by atoms with Crippen LogP contribution in [-0.2, 0) is 4.79 Å². The van der Waals surface area contributed by atoms with Gasteiger partial charge in [0.2, 0.25) is 5.82 Å². The fourth-order valence-corrected chi connectivity index (χ4v) is 1.96. The third-order valence-corrected chi connectivity index (χ3v) is 3.25. The molecule has 0 N–H and O–H groups in total. The van der Waals surface area contributed by atoms with E-state index in [0.717, 1.165) is 5.57 Å². The zero-order chi connectivity index (χ0) is 18.6. The van der Waals surface area contributed by atoms with Crippen LogP contribution < -0.4 is 9.47 Å². The fourth-order valence-electron chi connectivity index (χ4n) is 1.96. The molecular formula is C20H18F2O3. The van der Waals surface area contributed by atoms with Crippen molar-refractivity contribution in [3.05, 3.63) is 72.3 Å². The summed E-state index contributed by atoms with van der Waals surface area (Å²) in [5, 5.41) is 0. The molecule has 0 unspecified atom stereocenters. The largest absolute Gasteiger partial charge is 0.489 e. The summed E-state index contributed by atoms with van der Waals surface area (Å²) >= 11 is 0. The Morgan fingerprint density at radius 3 is 2.20 bits per heavy atom. The number of esters is 1. The Bertz CT molecular complexity index is 824. The van der Waals surface area contributed by atoms with Gasteiger partial charge < -0.3 is 9.47 Å². The summed E-state index contributed by atoms with van der Waals surface area (Å²) in [4.78, 5) is 11.4. The minimum atomic E-state index is -1.23. The second-order valence-electron chi connectivity index (χ2n) is 5.68. The highest BCUT2D eigenvalue weighted by molar-refractivity contribution is 5.88. The molecular weight excluding hydrogens is 326 g/mol. The van der Waals surface area contributed by atoms with Crippen LogP contribution in [0.15, 0.2) is 60.7 Å². The third-order valence-electron chi connectivity index (χ3n) is 3.25. The lowest BCUT2D eigenvalue weighted by Crippen LogP contribution is -2.10. The van der Waals surface area contributed by atoms with E-state index in [1.54, 1.807) is 24.3 Å². The number of hydrogen-bond donors (Lipinski definition) is 0. The molecule has 2 rings (SSSR count). The molecule has 0 spiro atoms. The maximum Gasteiger partial charge on any atom is 0.338 e. The highest BCUT2D eigenvalue weighted by Gasteiger charge is 2.18. The van der Waals surface area contributed by atoms with Crippen LogP contribution in [0, 0.1) is 11.6 Å². The zero-order valence-corrected chi connectivity index (χ0v) is 14.1. The van der Waals surface area contributed by atoms with Crippen LogP contribution in [0.3, 0.4) is 0 Å². The molecule has 0 fully saturated rings. The lowest BCUT2D eigenvalue weighted by molar-refractivity contribution is -0.130. The van der Waals surface area contributed by atoms with Crippen LogP contribution in [-0.4, -0.2) is 12.6 Å². The van der Waals surface area contributed by atoms with Gasteiger partial charge in [0.1, 0.15) is 12.4 Å². The molecule has 0 aliphatic rings. The fraction of sp³-hybridized carbons (Fsp3) is 0.150. The van der Waals surface area contributed by atoms with Crippen LogP contribution in [0.4, 0.5) is 8.78 Å². The average molecular weight is 344 g/mol. The van der Waals surface area contributed by atoms with Gasteiger partial charge in [-0.05, 0) is 49.2 Å². The van der Waals surface area contributed by atoms with E-state index in [-0.39, 0.29) is 11.1 Å². The summed E-state index contributed by atoms with van der Waals surface area (Å²) in [5.41, 5.74) is 1.49. The van der Waals surface area contributed by atoms with E-state index in [1.165, 1.54) is 19.1 Å². The van der Waals surface area contributed by atoms with E-state index in [1.807, 2.05) is 6.92 Å². The van der Waals surface area contributed by atoms with Gasteiger partial charge in [0.15, 0.2) is 11.6 Å². The van der Waals surface area contributed by atoms with E-state index in [0.29, 0.717) is 17.9 Å². The molecule has 25 heavy (non-hydrogen) atoms. The second kappa shape index (κ2) is 7.75. The number of ether oxygens (including phenoxy) is 2. The smallest absolute Gasteiger partial charge is 0.338 e. The maximum absolute atomic E-state index is 14.3. The molecule has 0 amide bonds. The Balaban J connectivity index is 2.25. The summed E-state index contributed by atoms with van der Waals surface area (Å²) in [5.74, 6) is -3.02. The predicted octanol–water partition coefficient (Wildman–Crippen LogP) is 5.07. The van der Waals surface area contributed by atoms with Gasteiger partial charge in [0, 0.05) is 11.1 Å². The van der Waals surface area contributed by atoms with Gasteiger partial charge >= 0.3 is 5.97 Å². The molecule has 0 aliphatic carbocycles. The quantitative estimate of drug-likeness (QED) is 0.318. The molecule has 0 saturated carbocycles. The summed E-state index contributed by atoms with van der Waals surface area (Å²) in [6, 6.07) is 9.11. The lowest BCUT2D eigenvalue weighted by Gasteiger charge is -2.10. The van der Waals surface area contributed by atoms with Crippen LogP contribution in [0.2, 0.25) is 0 Å². The Hall–Kier alpha value is -2.95. The Labute approximate surface area is 145 Å². The van der Waals surface area contributed by atoms with Crippen LogP contribution in [0.25, 0.3) is 11.1 Å². The number of benzene rings is 2. The van der Waals surface area contributed by atoms with Gasteiger partial charge in [-0.25, -0.2) is 9.18 Å². The van der Waals surface area contributed by atoms with Crippen LogP contribution in [0.1, 0.15) is 13.8 Å². The number of halogens is 2. The minimum Gasteiger partial charge on any atom is -0.489 e. The normalized spacial score (nSPS) is 10.2. The number of carbonyl (C=O) groups is 1. The third kappa shape index (κ3) is 4.53. The first-order valence-electron chi connectivity index (χ1n) is 7.53. The molecule has 2 aromatic rings. The van der Waals surface area contributed by atoms with Crippen molar-refractivity contribution in [1.82, 2.24) is 0 Å². The highest BCUT2D eigenvalue weighted by Crippen LogP contribution is 2.31. The van der Waals surface area contributed by atoms with Gasteiger partial charge in [0.05, 0.1) is 0 Å². The number of rotatable bonds is 6. The van der Waals surface area contributed by atoms with Crippen molar-refractivity contribution < 1.29 is 23.0 Å². The molecule has 3 nitrogen and oxygen atoms in total. The van der Waals surface area contributed by atoms with Crippen molar-refractivity contribution in [1.29, 1.82) is 0 Å². The first-order chi connectivity index (χ1) is 11.8. The summed E-state index contributed by atoms with van der Waals surface area (Å²) in [7, 11) is 0. The van der Waals surface area contributed by atoms with Crippen LogP contribution >= 0.6 is 0 Å². The van der Waals surface area contributed by atoms with Crippen LogP contribution in [0.5, 0.6) is 11.5 Å². The molecule has 0 heterocycles. The van der Waals surface area contributed by atoms with Crippen molar-refractivity contribution in [2.75, 3.05) is 6.61 Å². The second-order valence-corrected chi connectivity index (χ2v) is 5.68. The van der Waals surface area contributed by atoms with Gasteiger partial charge in [-0.2, -0.15) is 4.39 Å². The van der Waals surface area contributed by atoms with Crippen molar-refractivity contribution in [2.45, 2.75) is 13.8 Å². The maximum atomic E-state index is 14.3. The Kier molecular flexibility index (Phi) is 5.70. The predicted molar refractivity (Wildman–Crippen MR) is 92.6 cm³/mol. The van der Waals surface area contributed by atoms with Crippen molar-refractivity contribution in [2.24, 2.45) is 0 Å². The zero-order valence-electron chi connectivity index (χ0n) is 14.1. The van der Waals surface area contributed by atoms with E-state index in [4.69, 9.17) is 9.47 Å². The molecule has 0 saturated heterocycles. The van der Waals surface area contributed by atoms with Gasteiger partial charge in [-0.15, -0.1) is 0 Å². The number of carbonyl (C=O) groups excluding carboxylic acids is 1. The summed E-state index contributed by atoms with van der Waals surface area (Å²) in [6.45, 7) is 10.8. The van der Waals surface area contributed by atoms with Crippen molar-refractivity contribution in [3.8, 4) is 22.6 Å². The molecule has 130 valence electrons. The first-order valence-corrected chi connectivity index (χ1v) is 7.53. The molecule has 2 aromatic carbocycles. The molecule has 0 atom stereocenters. The highest BCUT2D eigenvalue weighted by atomic mass is 19.2. The Morgan fingerprint density at radius 2 is 1.64 bits per heavy atom. The van der Waals surface area contributed by atoms with Gasteiger partial charge in [-0.1, -0.05) is 25.3 Å². The van der Waals surface area contributed by atoms with E-state index in [2.05, 4.69) is 13.2 Å². The SMILES string of the molecule is C=C(C)COc1ccc(-c2ccc(OC(=O)C(=C)C)c(F)c2F)cc1. The molecule has 0 bridgehead atoms. The van der Waals surface area contributed by atoms with Gasteiger partial charge in [-0.3, -0.25) is 0 Å². The molecule has 0 aliphatic heterocycles. The van der Waals surface area contributed by atoms with E-state index in [9.17, 15) is 13.6 Å². The molecule has 0 aromatic heterocycles.